The fourth-order valence-corrected chi connectivity index (χ4v) is 1.60. The highest BCUT2D eigenvalue weighted by Crippen LogP contribution is 2.23. The van der Waals surface area contributed by atoms with E-state index in [2.05, 4.69) is 10.3 Å². The number of amides is 1. The maximum Gasteiger partial charge on any atom is 0.274 e. The van der Waals surface area contributed by atoms with Gasteiger partial charge in [0.1, 0.15) is 5.69 Å². The van der Waals surface area contributed by atoms with Crippen LogP contribution in [0.4, 0.5) is 5.69 Å². The van der Waals surface area contributed by atoms with Crippen molar-refractivity contribution in [3.05, 3.63) is 58.9 Å². The summed E-state index contributed by atoms with van der Waals surface area (Å²) in [7, 11) is 0. The molecular formula is C13H11ClN2O. The molecule has 4 heteroatoms. The highest BCUT2D eigenvalue weighted by Gasteiger charge is 2.09. The first-order valence-electron chi connectivity index (χ1n) is 5.16. The van der Waals surface area contributed by atoms with Gasteiger partial charge in [0.05, 0.1) is 0 Å². The van der Waals surface area contributed by atoms with E-state index in [-0.39, 0.29) is 5.91 Å². The quantitative estimate of drug-likeness (QED) is 0.884. The molecule has 0 aliphatic heterocycles. The minimum absolute atomic E-state index is 0.240. The van der Waals surface area contributed by atoms with Crippen molar-refractivity contribution in [2.24, 2.45) is 0 Å². The predicted molar refractivity (Wildman–Crippen MR) is 68.4 cm³/mol. The average Bonchev–Trinajstić information content (AvgIpc) is 2.36. The Morgan fingerprint density at radius 3 is 2.76 bits per heavy atom. The van der Waals surface area contributed by atoms with Crippen LogP contribution < -0.4 is 5.32 Å². The monoisotopic (exact) mass is 246 g/mol. The molecule has 0 unspecified atom stereocenters. The van der Waals surface area contributed by atoms with Crippen molar-refractivity contribution in [3.63, 3.8) is 0 Å². The first kappa shape index (κ1) is 11.6. The van der Waals surface area contributed by atoms with Crippen molar-refractivity contribution in [3.8, 4) is 0 Å². The average molecular weight is 247 g/mol. The van der Waals surface area contributed by atoms with Gasteiger partial charge in [-0.2, -0.15) is 0 Å². The van der Waals surface area contributed by atoms with Crippen LogP contribution in [-0.4, -0.2) is 10.9 Å². The molecule has 0 bridgehead atoms. The Bertz CT molecular complexity index is 540. The Morgan fingerprint density at radius 2 is 2.06 bits per heavy atom. The van der Waals surface area contributed by atoms with Gasteiger partial charge in [0.15, 0.2) is 0 Å². The van der Waals surface area contributed by atoms with Crippen LogP contribution in [0.3, 0.4) is 0 Å². The van der Waals surface area contributed by atoms with Crippen LogP contribution >= 0.6 is 11.6 Å². The van der Waals surface area contributed by atoms with Crippen molar-refractivity contribution in [2.45, 2.75) is 6.92 Å². The number of nitrogens with zero attached hydrogens (tertiary/aromatic N) is 1. The maximum atomic E-state index is 11.9. The van der Waals surface area contributed by atoms with Gasteiger partial charge in [0, 0.05) is 16.9 Å². The van der Waals surface area contributed by atoms with Crippen molar-refractivity contribution < 1.29 is 4.79 Å². The number of nitrogens with one attached hydrogen (secondary N) is 1. The Labute approximate surface area is 104 Å². The zero-order valence-corrected chi connectivity index (χ0v) is 10.0. The normalized spacial score (nSPS) is 10.0. The standard InChI is InChI=1S/C13H11ClN2O/c1-9-10(14)5-4-7-11(9)16-13(17)12-6-2-3-8-15-12/h2-8H,1H3,(H,16,17). The number of hydrogen-bond donors (Lipinski definition) is 1. The lowest BCUT2D eigenvalue weighted by molar-refractivity contribution is 0.102. The summed E-state index contributed by atoms with van der Waals surface area (Å²) in [6.07, 6.45) is 1.58. The number of benzene rings is 1. The zero-order valence-electron chi connectivity index (χ0n) is 9.27. The summed E-state index contributed by atoms with van der Waals surface area (Å²) in [5, 5.41) is 3.41. The highest BCUT2D eigenvalue weighted by atomic mass is 35.5. The topological polar surface area (TPSA) is 42.0 Å². The molecule has 0 spiro atoms. The van der Waals surface area contributed by atoms with E-state index >= 15 is 0 Å². The Kier molecular flexibility index (Phi) is 3.40. The van der Waals surface area contributed by atoms with Crippen molar-refractivity contribution in [2.75, 3.05) is 5.32 Å². The number of aromatic nitrogens is 1. The number of rotatable bonds is 2. The third-order valence-electron chi connectivity index (χ3n) is 2.41. The number of pyridine rings is 1. The first-order chi connectivity index (χ1) is 8.18. The van der Waals surface area contributed by atoms with Gasteiger partial charge in [-0.15, -0.1) is 0 Å². The van der Waals surface area contributed by atoms with Crippen LogP contribution in [0.2, 0.25) is 5.02 Å². The molecule has 0 radical (unpaired) electrons. The molecule has 86 valence electrons. The molecule has 1 heterocycles. The molecule has 0 saturated heterocycles. The summed E-state index contributed by atoms with van der Waals surface area (Å²) in [6, 6.07) is 10.6. The minimum atomic E-state index is -0.240. The summed E-state index contributed by atoms with van der Waals surface area (Å²) in [5.41, 5.74) is 1.93. The minimum Gasteiger partial charge on any atom is -0.320 e. The molecule has 17 heavy (non-hydrogen) atoms. The molecule has 0 fully saturated rings. The van der Waals surface area contributed by atoms with E-state index in [0.717, 1.165) is 5.56 Å². The fourth-order valence-electron chi connectivity index (χ4n) is 1.43. The fraction of sp³-hybridized carbons (Fsp3) is 0.0769. The van der Waals surface area contributed by atoms with Gasteiger partial charge in [-0.3, -0.25) is 9.78 Å². The van der Waals surface area contributed by atoms with E-state index in [1.807, 2.05) is 13.0 Å². The first-order valence-corrected chi connectivity index (χ1v) is 5.54. The number of carbonyl (C=O) groups excluding carboxylic acids is 1. The Hall–Kier alpha value is -1.87. The van der Waals surface area contributed by atoms with Gasteiger partial charge in [-0.1, -0.05) is 23.7 Å². The molecule has 0 aliphatic rings. The van der Waals surface area contributed by atoms with Gasteiger partial charge in [0.2, 0.25) is 0 Å². The summed E-state index contributed by atoms with van der Waals surface area (Å²) in [6.45, 7) is 1.86. The van der Waals surface area contributed by atoms with E-state index in [4.69, 9.17) is 11.6 Å². The van der Waals surface area contributed by atoms with E-state index < -0.39 is 0 Å². The zero-order chi connectivity index (χ0) is 12.3. The van der Waals surface area contributed by atoms with Crippen molar-refractivity contribution in [1.82, 2.24) is 4.98 Å². The predicted octanol–water partition coefficient (Wildman–Crippen LogP) is 3.30. The van der Waals surface area contributed by atoms with Crippen LogP contribution in [0.1, 0.15) is 16.1 Å². The summed E-state index contributed by atoms with van der Waals surface area (Å²) >= 11 is 5.98. The maximum absolute atomic E-state index is 11.9. The Morgan fingerprint density at radius 1 is 1.24 bits per heavy atom. The van der Waals surface area contributed by atoms with Crippen LogP contribution in [0.25, 0.3) is 0 Å². The summed E-state index contributed by atoms with van der Waals surface area (Å²) in [4.78, 5) is 15.8. The van der Waals surface area contributed by atoms with Crippen LogP contribution in [0, 0.1) is 6.92 Å². The number of halogens is 1. The number of anilines is 1. The van der Waals surface area contributed by atoms with E-state index in [0.29, 0.717) is 16.4 Å². The van der Waals surface area contributed by atoms with Crippen LogP contribution in [0.15, 0.2) is 42.6 Å². The molecule has 0 saturated carbocycles. The smallest absolute Gasteiger partial charge is 0.274 e. The molecule has 0 atom stereocenters. The largest absolute Gasteiger partial charge is 0.320 e. The molecule has 1 N–H and O–H groups in total. The molecule has 1 aromatic carbocycles. The van der Waals surface area contributed by atoms with Gasteiger partial charge in [-0.25, -0.2) is 0 Å². The second-order valence-electron chi connectivity index (χ2n) is 3.58. The molecule has 2 rings (SSSR count). The lowest BCUT2D eigenvalue weighted by Crippen LogP contribution is -2.14. The SMILES string of the molecule is Cc1c(Cl)cccc1NC(=O)c1ccccn1. The molecular weight excluding hydrogens is 236 g/mol. The lowest BCUT2D eigenvalue weighted by Gasteiger charge is -2.08. The van der Waals surface area contributed by atoms with Gasteiger partial charge in [0.25, 0.3) is 5.91 Å². The Balaban J connectivity index is 2.22. The van der Waals surface area contributed by atoms with Gasteiger partial charge in [-0.05, 0) is 36.8 Å². The van der Waals surface area contributed by atoms with Gasteiger partial charge < -0.3 is 5.32 Å². The van der Waals surface area contributed by atoms with Crippen molar-refractivity contribution >= 4 is 23.2 Å². The van der Waals surface area contributed by atoms with E-state index in [9.17, 15) is 4.79 Å². The molecule has 0 aliphatic carbocycles. The van der Waals surface area contributed by atoms with Crippen LogP contribution in [0.5, 0.6) is 0 Å². The third kappa shape index (κ3) is 2.63. The second kappa shape index (κ2) is 4.97. The van der Waals surface area contributed by atoms with Crippen LogP contribution in [-0.2, 0) is 0 Å². The molecule has 1 amide bonds. The summed E-state index contributed by atoms with van der Waals surface area (Å²) in [5.74, 6) is -0.240. The molecule has 3 nitrogen and oxygen atoms in total. The highest BCUT2D eigenvalue weighted by molar-refractivity contribution is 6.31. The third-order valence-corrected chi connectivity index (χ3v) is 2.82. The number of hydrogen-bond acceptors (Lipinski definition) is 2. The number of carbonyl (C=O) groups is 1. The van der Waals surface area contributed by atoms with E-state index in [1.54, 1.807) is 36.5 Å². The molecule has 1 aromatic heterocycles. The lowest BCUT2D eigenvalue weighted by atomic mass is 10.2. The van der Waals surface area contributed by atoms with Gasteiger partial charge >= 0.3 is 0 Å². The van der Waals surface area contributed by atoms with E-state index in [1.165, 1.54) is 0 Å². The van der Waals surface area contributed by atoms with Crippen molar-refractivity contribution in [1.29, 1.82) is 0 Å². The molecule has 2 aromatic rings. The second-order valence-corrected chi connectivity index (χ2v) is 3.99. The summed E-state index contributed by atoms with van der Waals surface area (Å²) < 4.78 is 0.